The molecule has 0 radical (unpaired) electrons. The number of benzene rings is 1. The largest absolute Gasteiger partial charge is 0.382 e. The van der Waals surface area contributed by atoms with E-state index in [1.165, 1.54) is 0 Å². The predicted octanol–water partition coefficient (Wildman–Crippen LogP) is 1.41. The second-order valence-electron chi connectivity index (χ2n) is 5.00. The molecule has 0 aromatic heterocycles. The first-order chi connectivity index (χ1) is 10.4. The van der Waals surface area contributed by atoms with Crippen LogP contribution in [0.5, 0.6) is 5.75 Å². The van der Waals surface area contributed by atoms with Gasteiger partial charge in [0.15, 0.2) is 11.4 Å². The lowest BCUT2D eigenvalue weighted by Crippen LogP contribution is -2.29. The molecule has 6 nitrogen and oxygen atoms in total. The molecule has 0 saturated heterocycles. The van der Waals surface area contributed by atoms with Crippen molar-refractivity contribution in [2.75, 3.05) is 25.6 Å². The topological polar surface area (TPSA) is 78.9 Å². The van der Waals surface area contributed by atoms with Crippen molar-refractivity contribution in [3.05, 3.63) is 30.3 Å². The molecule has 2 atom stereocenters. The number of carbonyl (C=O) groups is 1. The highest BCUT2D eigenvalue weighted by molar-refractivity contribution is 7.87. The minimum Gasteiger partial charge on any atom is -0.382 e. The highest BCUT2D eigenvalue weighted by Crippen LogP contribution is 2.44. The van der Waals surface area contributed by atoms with Crippen LogP contribution in [0.2, 0.25) is 0 Å². The average molecular weight is 328 g/mol. The van der Waals surface area contributed by atoms with E-state index in [9.17, 15) is 13.2 Å². The summed E-state index contributed by atoms with van der Waals surface area (Å²) in [5.41, 5.74) is -1.14. The number of hydrogen-bond donors (Lipinski definition) is 0. The summed E-state index contributed by atoms with van der Waals surface area (Å²) in [5, 5.41) is 0. The van der Waals surface area contributed by atoms with Gasteiger partial charge in [0.05, 0.1) is 18.3 Å². The zero-order chi connectivity index (χ0) is 16.2. The number of ketones is 1. The van der Waals surface area contributed by atoms with Crippen LogP contribution in [-0.2, 0) is 24.4 Å². The Hall–Kier alpha value is -1.44. The molecule has 0 heterocycles. The molecule has 122 valence electrons. The normalized spacial score (nSPS) is 24.3. The van der Waals surface area contributed by atoms with Gasteiger partial charge in [-0.1, -0.05) is 18.2 Å². The number of para-hydroxylation sites is 1. The monoisotopic (exact) mass is 328 g/mol. The van der Waals surface area contributed by atoms with E-state index in [2.05, 4.69) is 0 Å². The average Bonchev–Trinajstić information content (AvgIpc) is 3.00. The van der Waals surface area contributed by atoms with Crippen LogP contribution < -0.4 is 4.18 Å². The Morgan fingerprint density at radius 2 is 1.82 bits per heavy atom. The maximum Gasteiger partial charge on any atom is 0.310 e. The van der Waals surface area contributed by atoms with Crippen molar-refractivity contribution in [1.82, 2.24) is 0 Å². The summed E-state index contributed by atoms with van der Waals surface area (Å²) in [7, 11) is -3.88. The van der Waals surface area contributed by atoms with Crippen molar-refractivity contribution in [1.29, 1.82) is 0 Å². The van der Waals surface area contributed by atoms with Crippen molar-refractivity contribution in [2.45, 2.75) is 19.4 Å². The Morgan fingerprint density at radius 1 is 1.14 bits per heavy atom. The fourth-order valence-corrected chi connectivity index (χ4v) is 3.66. The Kier molecular flexibility index (Phi) is 5.20. The first-order valence-electron chi connectivity index (χ1n) is 7.18. The lowest BCUT2D eigenvalue weighted by Gasteiger charge is -2.15. The minimum absolute atomic E-state index is 0.0711. The van der Waals surface area contributed by atoms with Gasteiger partial charge in [0.25, 0.3) is 0 Å². The molecule has 7 heteroatoms. The number of ether oxygens (including phenoxy) is 2. The van der Waals surface area contributed by atoms with Crippen molar-refractivity contribution < 1.29 is 26.9 Å². The Labute approximate surface area is 130 Å². The standard InChI is InChI=1S/C15H20O6S/c1-3-19-11-15(20-4-2)13(14(15)16)10-22(17,18)21-12-8-6-5-7-9-12/h5-9,13H,3-4,10-11H2,1-2H3. The van der Waals surface area contributed by atoms with Gasteiger partial charge in [-0.3, -0.25) is 4.79 Å². The van der Waals surface area contributed by atoms with Crippen LogP contribution in [0.15, 0.2) is 30.3 Å². The predicted molar refractivity (Wildman–Crippen MR) is 80.2 cm³/mol. The van der Waals surface area contributed by atoms with E-state index in [0.717, 1.165) is 0 Å². The quantitative estimate of drug-likeness (QED) is 0.638. The van der Waals surface area contributed by atoms with Crippen LogP contribution in [-0.4, -0.2) is 45.4 Å². The number of rotatable bonds is 9. The number of Topliss-reactive ketones (excluding diaryl/α,β-unsaturated/α-hetero) is 1. The lowest BCUT2D eigenvalue weighted by molar-refractivity contribution is -0.121. The summed E-state index contributed by atoms with van der Waals surface area (Å²) in [6, 6.07) is 8.19. The molecule has 2 rings (SSSR count). The van der Waals surface area contributed by atoms with Crippen molar-refractivity contribution in [2.24, 2.45) is 5.92 Å². The molecule has 2 unspecified atom stereocenters. The van der Waals surface area contributed by atoms with Gasteiger partial charge in [0.2, 0.25) is 0 Å². The molecule has 0 spiro atoms. The van der Waals surface area contributed by atoms with Crippen molar-refractivity contribution >= 4 is 15.9 Å². The van der Waals surface area contributed by atoms with Crippen LogP contribution in [0.1, 0.15) is 13.8 Å². The zero-order valence-electron chi connectivity index (χ0n) is 12.7. The summed E-state index contributed by atoms with van der Waals surface area (Å²) in [6.45, 7) is 4.38. The van der Waals surface area contributed by atoms with Crippen LogP contribution in [0.4, 0.5) is 0 Å². The zero-order valence-corrected chi connectivity index (χ0v) is 13.5. The molecule has 22 heavy (non-hydrogen) atoms. The van der Waals surface area contributed by atoms with Gasteiger partial charge in [-0.25, -0.2) is 0 Å². The van der Waals surface area contributed by atoms with E-state index in [4.69, 9.17) is 13.7 Å². The Bertz CT molecular complexity index is 612. The number of carbonyl (C=O) groups excluding carboxylic acids is 1. The van der Waals surface area contributed by atoms with Crippen LogP contribution in [0.25, 0.3) is 0 Å². The van der Waals surface area contributed by atoms with E-state index in [0.29, 0.717) is 13.2 Å². The maximum absolute atomic E-state index is 12.1. The molecule has 0 bridgehead atoms. The summed E-state index contributed by atoms with van der Waals surface area (Å²) in [4.78, 5) is 12.0. The van der Waals surface area contributed by atoms with E-state index >= 15 is 0 Å². The molecule has 1 aliphatic rings. The lowest BCUT2D eigenvalue weighted by atomic mass is 10.3. The Balaban J connectivity index is 2.04. The van der Waals surface area contributed by atoms with Gasteiger partial charge in [0.1, 0.15) is 5.75 Å². The fourth-order valence-electron chi connectivity index (χ4n) is 2.36. The third kappa shape index (κ3) is 3.66. The maximum atomic E-state index is 12.1. The molecule has 0 N–H and O–H groups in total. The van der Waals surface area contributed by atoms with E-state index in [-0.39, 0.29) is 18.1 Å². The van der Waals surface area contributed by atoms with Crippen LogP contribution in [0.3, 0.4) is 0 Å². The third-order valence-electron chi connectivity index (χ3n) is 3.47. The summed E-state index contributed by atoms with van der Waals surface area (Å²) >= 11 is 0. The summed E-state index contributed by atoms with van der Waals surface area (Å²) < 4.78 is 39.9. The third-order valence-corrected chi connectivity index (χ3v) is 4.66. The molecule has 0 aliphatic heterocycles. The Morgan fingerprint density at radius 3 is 2.41 bits per heavy atom. The summed E-state index contributed by atoms with van der Waals surface area (Å²) in [5.74, 6) is -1.17. The van der Waals surface area contributed by atoms with Crippen LogP contribution >= 0.6 is 0 Å². The van der Waals surface area contributed by atoms with E-state index in [1.807, 2.05) is 0 Å². The second-order valence-corrected chi connectivity index (χ2v) is 6.61. The van der Waals surface area contributed by atoms with Crippen molar-refractivity contribution in [3.63, 3.8) is 0 Å². The van der Waals surface area contributed by atoms with Gasteiger partial charge >= 0.3 is 10.1 Å². The molecular weight excluding hydrogens is 308 g/mol. The molecular formula is C15H20O6S. The minimum atomic E-state index is -3.88. The van der Waals surface area contributed by atoms with Crippen LogP contribution in [0, 0.1) is 5.92 Å². The van der Waals surface area contributed by atoms with Gasteiger partial charge in [-0.05, 0) is 26.0 Å². The fraction of sp³-hybridized carbons (Fsp3) is 0.533. The highest BCUT2D eigenvalue weighted by Gasteiger charge is 2.67. The molecule has 1 aromatic carbocycles. The first-order valence-corrected chi connectivity index (χ1v) is 8.76. The first kappa shape index (κ1) is 16.9. The SMILES string of the molecule is CCOCC1(OCC)C(=O)C1CS(=O)(=O)Oc1ccccc1. The molecule has 0 amide bonds. The van der Waals surface area contributed by atoms with Gasteiger partial charge < -0.3 is 13.7 Å². The molecule has 1 aromatic rings. The smallest absolute Gasteiger partial charge is 0.310 e. The highest BCUT2D eigenvalue weighted by atomic mass is 32.2. The van der Waals surface area contributed by atoms with E-state index in [1.54, 1.807) is 44.2 Å². The van der Waals surface area contributed by atoms with E-state index < -0.39 is 27.4 Å². The van der Waals surface area contributed by atoms with Gasteiger partial charge in [0, 0.05) is 13.2 Å². The van der Waals surface area contributed by atoms with Gasteiger partial charge in [-0.15, -0.1) is 0 Å². The van der Waals surface area contributed by atoms with Crippen molar-refractivity contribution in [3.8, 4) is 5.75 Å². The number of hydrogen-bond acceptors (Lipinski definition) is 6. The molecule has 1 saturated carbocycles. The second kappa shape index (κ2) is 6.76. The summed E-state index contributed by atoms with van der Waals surface area (Å²) in [6.07, 6.45) is 0. The molecule has 1 fully saturated rings. The molecule has 1 aliphatic carbocycles. The van der Waals surface area contributed by atoms with Gasteiger partial charge in [-0.2, -0.15) is 8.42 Å².